The molecule has 110 valence electrons. The fraction of sp³-hybridized carbons (Fsp3) is 0.846. The van der Waals surface area contributed by atoms with Crippen LogP contribution in [0.5, 0.6) is 0 Å². The third kappa shape index (κ3) is 7.66. The van der Waals surface area contributed by atoms with Gasteiger partial charge in [0.05, 0.1) is 6.10 Å². The Balaban J connectivity index is 2.04. The quantitative estimate of drug-likeness (QED) is 0.788. The summed E-state index contributed by atoms with van der Waals surface area (Å²) in [6, 6.07) is 0. The molecule has 19 heavy (non-hydrogen) atoms. The summed E-state index contributed by atoms with van der Waals surface area (Å²) in [6.45, 7) is 6.97. The van der Waals surface area contributed by atoms with Crippen molar-refractivity contribution in [3.8, 4) is 0 Å². The smallest absolute Gasteiger partial charge is 0.407 e. The van der Waals surface area contributed by atoms with E-state index >= 15 is 0 Å². The molecule has 1 aliphatic heterocycles. The zero-order valence-corrected chi connectivity index (χ0v) is 12.0. The van der Waals surface area contributed by atoms with E-state index in [0.29, 0.717) is 6.54 Å². The number of hydrogen-bond acceptors (Lipinski definition) is 4. The number of hydrogen-bond donors (Lipinski definition) is 2. The molecular weight excluding hydrogens is 248 g/mol. The minimum atomic E-state index is -0.522. The number of nitrogens with one attached hydrogen (secondary N) is 2. The third-order valence-electron chi connectivity index (χ3n) is 2.57. The number of rotatable bonds is 5. The number of ether oxygens (including phenoxy) is 2. The predicted octanol–water partition coefficient (Wildman–Crippen LogP) is 1.20. The van der Waals surface area contributed by atoms with Gasteiger partial charge in [0.25, 0.3) is 0 Å². The topological polar surface area (TPSA) is 76.7 Å². The van der Waals surface area contributed by atoms with Crippen LogP contribution in [0.2, 0.25) is 0 Å². The third-order valence-corrected chi connectivity index (χ3v) is 2.57. The van der Waals surface area contributed by atoms with Crippen molar-refractivity contribution in [2.24, 2.45) is 0 Å². The minimum Gasteiger partial charge on any atom is -0.444 e. The Bertz CT molecular complexity index is 306. The standard InChI is InChI=1S/C13H24N2O4/c1-13(2,3)19-12(17)14-7-6-11(16)15-9-10-5-4-8-18-10/h10H,4-9H2,1-3H3,(H,14,17)(H,15,16). The van der Waals surface area contributed by atoms with Crippen molar-refractivity contribution >= 4 is 12.0 Å². The van der Waals surface area contributed by atoms with Crippen molar-refractivity contribution in [1.82, 2.24) is 10.6 Å². The molecule has 0 bridgehead atoms. The second-order valence-electron chi connectivity index (χ2n) is 5.62. The van der Waals surface area contributed by atoms with Gasteiger partial charge in [0, 0.05) is 26.1 Å². The van der Waals surface area contributed by atoms with Gasteiger partial charge in [-0.2, -0.15) is 0 Å². The van der Waals surface area contributed by atoms with E-state index in [1.165, 1.54) is 0 Å². The van der Waals surface area contributed by atoms with E-state index in [0.717, 1.165) is 19.4 Å². The molecule has 1 saturated heterocycles. The first-order chi connectivity index (χ1) is 8.87. The molecular formula is C13H24N2O4. The molecule has 1 heterocycles. The lowest BCUT2D eigenvalue weighted by atomic mass is 10.2. The monoisotopic (exact) mass is 272 g/mol. The summed E-state index contributed by atoms with van der Waals surface area (Å²) in [5, 5.41) is 5.34. The van der Waals surface area contributed by atoms with Crippen molar-refractivity contribution in [2.45, 2.75) is 51.7 Å². The van der Waals surface area contributed by atoms with Gasteiger partial charge >= 0.3 is 6.09 Å². The van der Waals surface area contributed by atoms with Crippen LogP contribution >= 0.6 is 0 Å². The second kappa shape index (κ2) is 7.33. The molecule has 1 rings (SSSR count). The van der Waals surface area contributed by atoms with Gasteiger partial charge in [-0.05, 0) is 33.6 Å². The van der Waals surface area contributed by atoms with E-state index in [4.69, 9.17) is 9.47 Å². The lowest BCUT2D eigenvalue weighted by molar-refractivity contribution is -0.121. The van der Waals surface area contributed by atoms with Crippen LogP contribution < -0.4 is 10.6 Å². The highest BCUT2D eigenvalue weighted by molar-refractivity contribution is 5.77. The molecule has 0 aromatic heterocycles. The van der Waals surface area contributed by atoms with E-state index in [-0.39, 0.29) is 25.0 Å². The Hall–Kier alpha value is -1.30. The maximum atomic E-state index is 11.5. The van der Waals surface area contributed by atoms with Gasteiger partial charge in [-0.15, -0.1) is 0 Å². The van der Waals surface area contributed by atoms with Crippen LogP contribution in [0, 0.1) is 0 Å². The van der Waals surface area contributed by atoms with Gasteiger partial charge in [0.15, 0.2) is 0 Å². The predicted molar refractivity (Wildman–Crippen MR) is 70.8 cm³/mol. The maximum Gasteiger partial charge on any atom is 0.407 e. The highest BCUT2D eigenvalue weighted by atomic mass is 16.6. The average molecular weight is 272 g/mol. The van der Waals surface area contributed by atoms with Gasteiger partial charge in [-0.25, -0.2) is 4.79 Å². The molecule has 0 radical (unpaired) electrons. The molecule has 0 aromatic carbocycles. The molecule has 2 N–H and O–H groups in total. The summed E-state index contributed by atoms with van der Waals surface area (Å²) in [5.41, 5.74) is -0.522. The van der Waals surface area contributed by atoms with E-state index in [1.54, 1.807) is 20.8 Å². The lowest BCUT2D eigenvalue weighted by Gasteiger charge is -2.19. The number of alkyl carbamates (subject to hydrolysis) is 1. The Kier molecular flexibility index (Phi) is 6.08. The van der Waals surface area contributed by atoms with Gasteiger partial charge in [0.2, 0.25) is 5.91 Å². The zero-order valence-electron chi connectivity index (χ0n) is 12.0. The summed E-state index contributed by atoms with van der Waals surface area (Å²) >= 11 is 0. The van der Waals surface area contributed by atoms with Gasteiger partial charge in [-0.3, -0.25) is 4.79 Å². The molecule has 1 fully saturated rings. The largest absolute Gasteiger partial charge is 0.444 e. The molecule has 0 saturated carbocycles. The molecule has 6 heteroatoms. The van der Waals surface area contributed by atoms with Crippen LogP contribution in [0.1, 0.15) is 40.0 Å². The van der Waals surface area contributed by atoms with Crippen molar-refractivity contribution in [3.05, 3.63) is 0 Å². The van der Waals surface area contributed by atoms with Crippen LogP contribution in [0.3, 0.4) is 0 Å². The molecule has 2 amide bonds. The van der Waals surface area contributed by atoms with Crippen molar-refractivity contribution < 1.29 is 19.1 Å². The molecule has 1 atom stereocenters. The maximum absolute atomic E-state index is 11.5. The molecule has 1 aliphatic rings. The van der Waals surface area contributed by atoms with Crippen LogP contribution in [0.25, 0.3) is 0 Å². The van der Waals surface area contributed by atoms with Crippen molar-refractivity contribution in [1.29, 1.82) is 0 Å². The molecule has 0 aromatic rings. The van der Waals surface area contributed by atoms with Crippen LogP contribution in [-0.2, 0) is 14.3 Å². The molecule has 0 spiro atoms. The summed E-state index contributed by atoms with van der Waals surface area (Å²) in [7, 11) is 0. The van der Waals surface area contributed by atoms with Crippen molar-refractivity contribution in [3.63, 3.8) is 0 Å². The average Bonchev–Trinajstić information content (AvgIpc) is 2.76. The van der Waals surface area contributed by atoms with Gasteiger partial charge in [-0.1, -0.05) is 0 Å². The summed E-state index contributed by atoms with van der Waals surface area (Å²) < 4.78 is 10.5. The second-order valence-corrected chi connectivity index (χ2v) is 5.62. The fourth-order valence-corrected chi connectivity index (χ4v) is 1.71. The fourth-order valence-electron chi connectivity index (χ4n) is 1.71. The van der Waals surface area contributed by atoms with E-state index in [2.05, 4.69) is 10.6 Å². The van der Waals surface area contributed by atoms with Gasteiger partial charge < -0.3 is 20.1 Å². The summed E-state index contributed by atoms with van der Waals surface area (Å²) in [6.07, 6.45) is 1.94. The Morgan fingerprint density at radius 1 is 1.32 bits per heavy atom. The first kappa shape index (κ1) is 15.8. The number of carbonyl (C=O) groups is 2. The minimum absolute atomic E-state index is 0.0911. The SMILES string of the molecule is CC(C)(C)OC(=O)NCCC(=O)NCC1CCCO1. The van der Waals surface area contributed by atoms with Gasteiger partial charge in [0.1, 0.15) is 5.60 Å². The van der Waals surface area contributed by atoms with Crippen LogP contribution in [0.15, 0.2) is 0 Å². The van der Waals surface area contributed by atoms with E-state index in [1.807, 2.05) is 0 Å². The Labute approximate surface area is 114 Å². The lowest BCUT2D eigenvalue weighted by Crippen LogP contribution is -2.36. The molecule has 6 nitrogen and oxygen atoms in total. The Morgan fingerprint density at radius 2 is 2.05 bits per heavy atom. The van der Waals surface area contributed by atoms with E-state index in [9.17, 15) is 9.59 Å². The van der Waals surface area contributed by atoms with E-state index < -0.39 is 11.7 Å². The molecule has 0 aliphatic carbocycles. The molecule has 1 unspecified atom stereocenters. The Morgan fingerprint density at radius 3 is 2.63 bits per heavy atom. The van der Waals surface area contributed by atoms with Crippen LogP contribution in [-0.4, -0.2) is 43.4 Å². The zero-order chi connectivity index (χ0) is 14.3. The summed E-state index contributed by atoms with van der Waals surface area (Å²) in [4.78, 5) is 22.8. The normalized spacial score (nSPS) is 19.0. The van der Waals surface area contributed by atoms with Crippen molar-refractivity contribution in [2.75, 3.05) is 19.7 Å². The number of amides is 2. The summed E-state index contributed by atoms with van der Waals surface area (Å²) in [5.74, 6) is -0.0911. The number of carbonyl (C=O) groups excluding carboxylic acids is 2. The first-order valence-corrected chi connectivity index (χ1v) is 6.72. The highest BCUT2D eigenvalue weighted by Gasteiger charge is 2.17. The first-order valence-electron chi connectivity index (χ1n) is 6.72. The van der Waals surface area contributed by atoms with Crippen LogP contribution in [0.4, 0.5) is 4.79 Å². The highest BCUT2D eigenvalue weighted by Crippen LogP contribution is 2.10.